The smallest absolute Gasteiger partial charge is 0.227 e. The van der Waals surface area contributed by atoms with Crippen molar-refractivity contribution in [2.45, 2.75) is 32.6 Å². The van der Waals surface area contributed by atoms with Gasteiger partial charge in [-0.25, -0.2) is 0 Å². The minimum Gasteiger partial charge on any atom is -0.326 e. The molecule has 0 bridgehead atoms. The van der Waals surface area contributed by atoms with Crippen LogP contribution < -0.4 is 5.32 Å². The minimum absolute atomic E-state index is 0.0494. The lowest BCUT2D eigenvalue weighted by Crippen LogP contribution is -2.20. The molecule has 0 saturated carbocycles. The van der Waals surface area contributed by atoms with Crippen molar-refractivity contribution in [3.63, 3.8) is 0 Å². The summed E-state index contributed by atoms with van der Waals surface area (Å²) in [7, 11) is 0. The van der Waals surface area contributed by atoms with Crippen molar-refractivity contribution >= 4 is 23.2 Å². The molecule has 1 atom stereocenters. The van der Waals surface area contributed by atoms with Crippen LogP contribution in [-0.4, -0.2) is 5.91 Å². The zero-order valence-corrected chi connectivity index (χ0v) is 10.6. The SMILES string of the molecule is CCCC(C)C(=O)Nc1ccccc1CCl. The number of carbonyl (C=O) groups excluding carboxylic acids is 1. The molecule has 0 saturated heterocycles. The number of carbonyl (C=O) groups is 1. The van der Waals surface area contributed by atoms with Gasteiger partial charge >= 0.3 is 0 Å². The van der Waals surface area contributed by atoms with Gasteiger partial charge in [-0.05, 0) is 18.1 Å². The number of anilines is 1. The van der Waals surface area contributed by atoms with Crippen molar-refractivity contribution in [2.75, 3.05) is 5.32 Å². The van der Waals surface area contributed by atoms with Gasteiger partial charge in [0.2, 0.25) is 5.91 Å². The first kappa shape index (κ1) is 13.0. The van der Waals surface area contributed by atoms with Crippen molar-refractivity contribution in [2.24, 2.45) is 5.92 Å². The second-order valence-electron chi connectivity index (χ2n) is 3.97. The summed E-state index contributed by atoms with van der Waals surface area (Å²) >= 11 is 5.80. The molecular formula is C13H18ClNO. The van der Waals surface area contributed by atoms with E-state index in [4.69, 9.17) is 11.6 Å². The topological polar surface area (TPSA) is 29.1 Å². The highest BCUT2D eigenvalue weighted by atomic mass is 35.5. The van der Waals surface area contributed by atoms with E-state index in [1.807, 2.05) is 31.2 Å². The molecule has 1 amide bonds. The first-order valence-corrected chi connectivity index (χ1v) is 6.17. The highest BCUT2D eigenvalue weighted by Crippen LogP contribution is 2.18. The van der Waals surface area contributed by atoms with Gasteiger partial charge in [-0.2, -0.15) is 0 Å². The zero-order chi connectivity index (χ0) is 12.0. The van der Waals surface area contributed by atoms with E-state index < -0.39 is 0 Å². The van der Waals surface area contributed by atoms with E-state index in [0.717, 1.165) is 24.1 Å². The number of amides is 1. The van der Waals surface area contributed by atoms with Crippen LogP contribution in [0.4, 0.5) is 5.69 Å². The van der Waals surface area contributed by atoms with Gasteiger partial charge in [0, 0.05) is 17.5 Å². The third-order valence-electron chi connectivity index (χ3n) is 2.59. The quantitative estimate of drug-likeness (QED) is 0.778. The highest BCUT2D eigenvalue weighted by Gasteiger charge is 2.12. The van der Waals surface area contributed by atoms with E-state index in [0.29, 0.717) is 5.88 Å². The molecule has 1 aromatic rings. The lowest BCUT2D eigenvalue weighted by atomic mass is 10.1. The first-order valence-electron chi connectivity index (χ1n) is 5.63. The molecule has 0 spiro atoms. The Bertz CT molecular complexity index is 352. The molecule has 2 nitrogen and oxygen atoms in total. The van der Waals surface area contributed by atoms with Crippen LogP contribution in [0, 0.1) is 5.92 Å². The van der Waals surface area contributed by atoms with Crippen molar-refractivity contribution in [1.29, 1.82) is 0 Å². The van der Waals surface area contributed by atoms with E-state index in [1.54, 1.807) is 0 Å². The molecule has 0 aliphatic carbocycles. The average Bonchev–Trinajstić information content (AvgIpc) is 2.30. The van der Waals surface area contributed by atoms with E-state index in [-0.39, 0.29) is 11.8 Å². The van der Waals surface area contributed by atoms with Crippen molar-refractivity contribution in [1.82, 2.24) is 0 Å². The number of alkyl halides is 1. The van der Waals surface area contributed by atoms with Crippen molar-refractivity contribution in [3.8, 4) is 0 Å². The predicted octanol–water partition coefficient (Wildman–Crippen LogP) is 3.80. The van der Waals surface area contributed by atoms with E-state index >= 15 is 0 Å². The summed E-state index contributed by atoms with van der Waals surface area (Å²) in [5.41, 5.74) is 1.78. The Kier molecular flexibility index (Phi) is 5.33. The molecule has 0 aromatic heterocycles. The fourth-order valence-electron chi connectivity index (χ4n) is 1.58. The number of para-hydroxylation sites is 1. The number of rotatable bonds is 5. The molecule has 0 aliphatic rings. The summed E-state index contributed by atoms with van der Waals surface area (Å²) in [5, 5.41) is 2.92. The molecule has 3 heteroatoms. The summed E-state index contributed by atoms with van der Waals surface area (Å²) in [5.74, 6) is 0.534. The number of benzene rings is 1. The van der Waals surface area contributed by atoms with E-state index in [1.165, 1.54) is 0 Å². The highest BCUT2D eigenvalue weighted by molar-refractivity contribution is 6.17. The lowest BCUT2D eigenvalue weighted by Gasteiger charge is -2.13. The lowest BCUT2D eigenvalue weighted by molar-refractivity contribution is -0.119. The number of nitrogens with one attached hydrogen (secondary N) is 1. The van der Waals surface area contributed by atoms with Crippen LogP contribution in [0.1, 0.15) is 32.3 Å². The molecule has 0 radical (unpaired) electrons. The van der Waals surface area contributed by atoms with Crippen LogP contribution in [0.5, 0.6) is 0 Å². The largest absolute Gasteiger partial charge is 0.326 e. The summed E-state index contributed by atoms with van der Waals surface area (Å²) in [6.45, 7) is 4.03. The number of hydrogen-bond donors (Lipinski definition) is 1. The maximum absolute atomic E-state index is 11.8. The van der Waals surface area contributed by atoms with Crippen molar-refractivity contribution < 1.29 is 4.79 Å². The van der Waals surface area contributed by atoms with Crippen LogP contribution in [0.15, 0.2) is 24.3 Å². The Morgan fingerprint density at radius 3 is 2.75 bits per heavy atom. The van der Waals surface area contributed by atoms with Crippen LogP contribution in [0.25, 0.3) is 0 Å². The Labute approximate surface area is 102 Å². The maximum Gasteiger partial charge on any atom is 0.227 e. The van der Waals surface area contributed by atoms with Gasteiger partial charge < -0.3 is 5.32 Å². The Morgan fingerprint density at radius 1 is 1.44 bits per heavy atom. The van der Waals surface area contributed by atoms with Gasteiger partial charge in [-0.15, -0.1) is 11.6 Å². The normalized spacial score (nSPS) is 12.2. The fourth-order valence-corrected chi connectivity index (χ4v) is 1.81. The summed E-state index contributed by atoms with van der Waals surface area (Å²) in [6, 6.07) is 7.63. The van der Waals surface area contributed by atoms with Crippen LogP contribution in [-0.2, 0) is 10.7 Å². The Morgan fingerprint density at radius 2 is 2.12 bits per heavy atom. The first-order chi connectivity index (χ1) is 7.69. The number of halogens is 1. The van der Waals surface area contributed by atoms with E-state index in [2.05, 4.69) is 12.2 Å². The molecule has 0 heterocycles. The monoisotopic (exact) mass is 239 g/mol. The molecular weight excluding hydrogens is 222 g/mol. The van der Waals surface area contributed by atoms with Gasteiger partial charge in [0.15, 0.2) is 0 Å². The zero-order valence-electron chi connectivity index (χ0n) is 9.79. The van der Waals surface area contributed by atoms with Crippen LogP contribution >= 0.6 is 11.6 Å². The summed E-state index contributed by atoms with van der Waals surface area (Å²) < 4.78 is 0. The molecule has 0 fully saturated rings. The van der Waals surface area contributed by atoms with Gasteiger partial charge in [0.25, 0.3) is 0 Å². The van der Waals surface area contributed by atoms with Crippen LogP contribution in [0.2, 0.25) is 0 Å². The molecule has 0 aliphatic heterocycles. The molecule has 1 N–H and O–H groups in total. The summed E-state index contributed by atoms with van der Waals surface area (Å²) in [6.07, 6.45) is 1.93. The Hall–Kier alpha value is -1.02. The van der Waals surface area contributed by atoms with E-state index in [9.17, 15) is 4.79 Å². The summed E-state index contributed by atoms with van der Waals surface area (Å²) in [4.78, 5) is 11.8. The molecule has 88 valence electrons. The van der Waals surface area contributed by atoms with Crippen molar-refractivity contribution in [3.05, 3.63) is 29.8 Å². The average molecular weight is 240 g/mol. The number of hydrogen-bond acceptors (Lipinski definition) is 1. The standard InChI is InChI=1S/C13H18ClNO/c1-3-6-10(2)13(16)15-12-8-5-4-7-11(12)9-14/h4-5,7-8,10H,3,6,9H2,1-2H3,(H,15,16). The molecule has 1 unspecified atom stereocenters. The fraction of sp³-hybridized carbons (Fsp3) is 0.462. The molecule has 1 rings (SSSR count). The van der Waals surface area contributed by atoms with Crippen LogP contribution in [0.3, 0.4) is 0 Å². The van der Waals surface area contributed by atoms with Gasteiger partial charge in [-0.3, -0.25) is 4.79 Å². The second kappa shape index (κ2) is 6.54. The maximum atomic E-state index is 11.8. The minimum atomic E-state index is 0.0494. The Balaban J connectivity index is 2.69. The van der Waals surface area contributed by atoms with Gasteiger partial charge in [0.1, 0.15) is 0 Å². The van der Waals surface area contributed by atoms with Gasteiger partial charge in [-0.1, -0.05) is 38.5 Å². The third kappa shape index (κ3) is 3.53. The van der Waals surface area contributed by atoms with Gasteiger partial charge in [0.05, 0.1) is 0 Å². The second-order valence-corrected chi connectivity index (χ2v) is 4.24. The molecule has 1 aromatic carbocycles. The molecule has 16 heavy (non-hydrogen) atoms. The predicted molar refractivity (Wildman–Crippen MR) is 68.7 cm³/mol. The third-order valence-corrected chi connectivity index (χ3v) is 2.88.